The molecule has 0 heterocycles. The van der Waals surface area contributed by atoms with Crippen molar-refractivity contribution in [3.63, 3.8) is 0 Å². The van der Waals surface area contributed by atoms with Crippen molar-refractivity contribution in [3.05, 3.63) is 36.5 Å². The monoisotopic (exact) mass is 354 g/mol. The third-order valence-electron chi connectivity index (χ3n) is 3.86. The summed E-state index contributed by atoms with van der Waals surface area (Å²) in [6.07, 6.45) is 18.5. The molecule has 144 valence electrons. The third kappa shape index (κ3) is 17.2. The fraction of sp³-hybridized carbons (Fsp3) is 0.650. The highest BCUT2D eigenvalue weighted by molar-refractivity contribution is 5.66. The molecule has 5 nitrogen and oxygen atoms in total. The van der Waals surface area contributed by atoms with Gasteiger partial charge in [0.2, 0.25) is 0 Å². The minimum atomic E-state index is -0.756. The van der Waals surface area contributed by atoms with Crippen LogP contribution in [0.5, 0.6) is 0 Å². The molecule has 0 aliphatic rings. The van der Waals surface area contributed by atoms with Crippen LogP contribution in [0.25, 0.3) is 0 Å². The highest BCUT2D eigenvalue weighted by Crippen LogP contribution is 2.10. The Bertz CT molecular complexity index is 401. The Hall–Kier alpha value is -1.43. The first-order valence-corrected chi connectivity index (χ1v) is 9.31. The van der Waals surface area contributed by atoms with Crippen molar-refractivity contribution < 1.29 is 25.2 Å². The van der Waals surface area contributed by atoms with Crippen molar-refractivity contribution in [1.82, 2.24) is 0 Å². The normalized spacial score (nSPS) is 14.7. The van der Waals surface area contributed by atoms with Gasteiger partial charge in [-0.3, -0.25) is 10.1 Å². The van der Waals surface area contributed by atoms with Crippen molar-refractivity contribution in [2.45, 2.75) is 83.3 Å². The van der Waals surface area contributed by atoms with Gasteiger partial charge in [0.1, 0.15) is 6.10 Å². The number of aliphatic hydroxyl groups excluding tert-OH is 1. The van der Waals surface area contributed by atoms with Crippen molar-refractivity contribution in [1.29, 1.82) is 0 Å². The molecule has 0 radical (unpaired) electrons. The summed E-state index contributed by atoms with van der Waals surface area (Å²) in [7, 11) is 0. The summed E-state index contributed by atoms with van der Waals surface area (Å²) < 4.78 is 0. The summed E-state index contributed by atoms with van der Waals surface area (Å²) in [5, 5.41) is 27.1. The lowest BCUT2D eigenvalue weighted by Gasteiger charge is -2.07. The average molecular weight is 354 g/mol. The minimum Gasteiger partial charge on any atom is -0.481 e. The van der Waals surface area contributed by atoms with Crippen molar-refractivity contribution in [2.24, 2.45) is 0 Å². The molecule has 0 bridgehead atoms. The molecule has 25 heavy (non-hydrogen) atoms. The predicted molar refractivity (Wildman–Crippen MR) is 100 cm³/mol. The summed E-state index contributed by atoms with van der Waals surface area (Å²) in [5.74, 6) is -0.756. The second kappa shape index (κ2) is 17.4. The van der Waals surface area contributed by atoms with E-state index in [0.29, 0.717) is 12.8 Å². The molecule has 0 aromatic carbocycles. The molecule has 5 heteroatoms. The SMILES string of the molecule is CCCCC[C@H](O)C=CC=CC=C[C@H](CCCCCCC(=O)O)OO. The maximum absolute atomic E-state index is 10.4. The second-order valence-corrected chi connectivity index (χ2v) is 6.21. The molecule has 0 fully saturated rings. The van der Waals surface area contributed by atoms with Gasteiger partial charge in [0.25, 0.3) is 0 Å². The first kappa shape index (κ1) is 23.6. The topological polar surface area (TPSA) is 87.0 Å². The van der Waals surface area contributed by atoms with Gasteiger partial charge in [-0.25, -0.2) is 4.89 Å². The van der Waals surface area contributed by atoms with Gasteiger partial charge >= 0.3 is 5.97 Å². The molecular formula is C20H34O5. The van der Waals surface area contributed by atoms with Crippen LogP contribution in [0.3, 0.4) is 0 Å². The predicted octanol–water partition coefficient (Wildman–Crippen LogP) is 4.88. The van der Waals surface area contributed by atoms with Crippen LogP contribution < -0.4 is 0 Å². The molecule has 0 spiro atoms. The molecule has 3 N–H and O–H groups in total. The van der Waals surface area contributed by atoms with Gasteiger partial charge in [0, 0.05) is 6.42 Å². The van der Waals surface area contributed by atoms with Crippen LogP contribution in [0.4, 0.5) is 0 Å². The van der Waals surface area contributed by atoms with Crippen LogP contribution >= 0.6 is 0 Å². The van der Waals surface area contributed by atoms with Crippen LogP contribution in [0.1, 0.15) is 71.1 Å². The zero-order valence-corrected chi connectivity index (χ0v) is 15.3. The van der Waals surface area contributed by atoms with Crippen LogP contribution in [-0.4, -0.2) is 33.6 Å². The summed E-state index contributed by atoms with van der Waals surface area (Å²) in [5.41, 5.74) is 0. The lowest BCUT2D eigenvalue weighted by atomic mass is 10.1. The van der Waals surface area contributed by atoms with Gasteiger partial charge < -0.3 is 10.2 Å². The molecule has 0 unspecified atom stereocenters. The highest BCUT2D eigenvalue weighted by atomic mass is 17.1. The largest absolute Gasteiger partial charge is 0.481 e. The third-order valence-corrected chi connectivity index (χ3v) is 3.86. The van der Waals surface area contributed by atoms with E-state index in [-0.39, 0.29) is 12.5 Å². The first-order valence-electron chi connectivity index (χ1n) is 9.31. The number of rotatable bonds is 16. The number of hydrogen-bond donors (Lipinski definition) is 3. The van der Waals surface area contributed by atoms with E-state index in [1.165, 1.54) is 0 Å². The molecule has 2 atom stereocenters. The minimum absolute atomic E-state index is 0.214. The van der Waals surface area contributed by atoms with Crippen LogP contribution in [0.15, 0.2) is 36.5 Å². The van der Waals surface area contributed by atoms with E-state index in [9.17, 15) is 9.90 Å². The number of allylic oxidation sites excluding steroid dienone is 4. The Morgan fingerprint density at radius 3 is 2.20 bits per heavy atom. The Labute approximate surface area is 151 Å². The number of aliphatic hydroxyl groups is 1. The molecule has 0 rings (SSSR count). The Kier molecular flexibility index (Phi) is 16.4. The summed E-state index contributed by atoms with van der Waals surface area (Å²) >= 11 is 0. The smallest absolute Gasteiger partial charge is 0.303 e. The molecule has 0 amide bonds. The number of unbranched alkanes of at least 4 members (excludes halogenated alkanes) is 5. The second-order valence-electron chi connectivity index (χ2n) is 6.21. The van der Waals surface area contributed by atoms with Gasteiger partial charge in [-0.1, -0.05) is 81.9 Å². The van der Waals surface area contributed by atoms with E-state index in [1.54, 1.807) is 18.2 Å². The van der Waals surface area contributed by atoms with E-state index in [1.807, 2.05) is 18.2 Å². The van der Waals surface area contributed by atoms with Gasteiger partial charge in [-0.15, -0.1) is 0 Å². The maximum Gasteiger partial charge on any atom is 0.303 e. The van der Waals surface area contributed by atoms with E-state index in [2.05, 4.69) is 11.8 Å². The Morgan fingerprint density at radius 2 is 1.56 bits per heavy atom. The molecule has 0 aliphatic heterocycles. The average Bonchev–Trinajstić information content (AvgIpc) is 2.58. The quantitative estimate of drug-likeness (QED) is 0.159. The molecular weight excluding hydrogens is 320 g/mol. The number of aliphatic carboxylic acids is 1. The van der Waals surface area contributed by atoms with Gasteiger partial charge in [0.05, 0.1) is 6.10 Å². The molecule has 0 aromatic heterocycles. The van der Waals surface area contributed by atoms with Crippen LogP contribution in [-0.2, 0) is 9.68 Å². The van der Waals surface area contributed by atoms with Crippen LogP contribution in [0, 0.1) is 0 Å². The van der Waals surface area contributed by atoms with E-state index in [0.717, 1.165) is 44.9 Å². The molecule has 0 aromatic rings. The maximum atomic E-state index is 10.4. The van der Waals surface area contributed by atoms with E-state index >= 15 is 0 Å². The lowest BCUT2D eigenvalue weighted by Crippen LogP contribution is -2.06. The van der Waals surface area contributed by atoms with Crippen molar-refractivity contribution in [3.8, 4) is 0 Å². The molecule has 0 saturated heterocycles. The lowest BCUT2D eigenvalue weighted by molar-refractivity contribution is -0.267. The molecule has 0 saturated carbocycles. The standard InChI is InChI=1S/C20H34O5/c1-2-3-8-13-18(21)14-9-4-5-10-15-19(25-24)16-11-6-7-12-17-20(22)23/h4-5,9-10,14-15,18-19,21,24H,2-3,6-8,11-13,16-17H2,1H3,(H,22,23)/t18-,19+/m0/s1. The first-order chi connectivity index (χ1) is 12.1. The van der Waals surface area contributed by atoms with Gasteiger partial charge in [-0.05, 0) is 19.3 Å². The van der Waals surface area contributed by atoms with E-state index < -0.39 is 12.1 Å². The van der Waals surface area contributed by atoms with Gasteiger partial charge in [-0.2, -0.15) is 0 Å². The number of carboxylic acids is 1. The molecule has 0 aliphatic carbocycles. The van der Waals surface area contributed by atoms with Crippen molar-refractivity contribution in [2.75, 3.05) is 0 Å². The Balaban J connectivity index is 3.85. The van der Waals surface area contributed by atoms with E-state index in [4.69, 9.17) is 10.4 Å². The summed E-state index contributed by atoms with van der Waals surface area (Å²) in [4.78, 5) is 14.8. The van der Waals surface area contributed by atoms with Crippen LogP contribution in [0.2, 0.25) is 0 Å². The van der Waals surface area contributed by atoms with Crippen molar-refractivity contribution >= 4 is 5.97 Å². The fourth-order valence-electron chi connectivity index (χ4n) is 2.37. The fourth-order valence-corrected chi connectivity index (χ4v) is 2.37. The highest BCUT2D eigenvalue weighted by Gasteiger charge is 2.04. The number of carboxylic acid groups (broad SMARTS) is 1. The zero-order chi connectivity index (χ0) is 18.8. The summed E-state index contributed by atoms with van der Waals surface area (Å²) in [6.45, 7) is 2.14. The summed E-state index contributed by atoms with van der Waals surface area (Å²) in [6, 6.07) is 0. The zero-order valence-electron chi connectivity index (χ0n) is 15.3. The number of hydrogen-bond acceptors (Lipinski definition) is 4. The Morgan fingerprint density at radius 1 is 0.920 bits per heavy atom. The van der Waals surface area contributed by atoms with Gasteiger partial charge in [0.15, 0.2) is 0 Å². The number of carbonyl (C=O) groups is 1.